The predicted octanol–water partition coefficient (Wildman–Crippen LogP) is 2.58. The zero-order chi connectivity index (χ0) is 13.0. The first kappa shape index (κ1) is 13.1. The number of aryl methyl sites for hydroxylation is 1. The van der Waals surface area contributed by atoms with Gasteiger partial charge in [-0.2, -0.15) is 0 Å². The number of fused-ring (bicyclic) bond motifs is 1. The Labute approximate surface area is 110 Å². The van der Waals surface area contributed by atoms with Gasteiger partial charge in [0.05, 0.1) is 11.5 Å². The van der Waals surface area contributed by atoms with E-state index in [-0.39, 0.29) is 12.5 Å². The van der Waals surface area contributed by atoms with Crippen molar-refractivity contribution in [3.05, 3.63) is 34.7 Å². The molecule has 1 heterocycles. The third kappa shape index (κ3) is 2.54. The van der Waals surface area contributed by atoms with E-state index in [1.54, 1.807) is 0 Å². The van der Waals surface area contributed by atoms with Gasteiger partial charge in [0.15, 0.2) is 0 Å². The van der Waals surface area contributed by atoms with Gasteiger partial charge >= 0.3 is 0 Å². The minimum absolute atomic E-state index is 0.0280. The van der Waals surface area contributed by atoms with E-state index in [9.17, 15) is 4.79 Å². The van der Waals surface area contributed by atoms with Gasteiger partial charge in [-0.1, -0.05) is 31.5 Å². The van der Waals surface area contributed by atoms with Crippen LogP contribution in [0.15, 0.2) is 24.3 Å². The molecule has 18 heavy (non-hydrogen) atoms. The zero-order valence-electron chi connectivity index (χ0n) is 10.4. The molecule has 3 nitrogen and oxygen atoms in total. The van der Waals surface area contributed by atoms with Crippen LogP contribution in [0.1, 0.15) is 28.6 Å². The van der Waals surface area contributed by atoms with Gasteiger partial charge in [-0.3, -0.25) is 4.79 Å². The number of benzene rings is 1. The molecule has 0 saturated carbocycles. The average molecular weight is 263 g/mol. The number of thiophene rings is 1. The van der Waals surface area contributed by atoms with Gasteiger partial charge < -0.3 is 10.4 Å². The molecule has 0 aliphatic carbocycles. The lowest BCUT2D eigenvalue weighted by Gasteiger charge is -2.04. The van der Waals surface area contributed by atoms with E-state index in [0.717, 1.165) is 28.0 Å². The Morgan fingerprint density at radius 3 is 2.89 bits per heavy atom. The highest BCUT2D eigenvalue weighted by Gasteiger charge is 2.16. The quantitative estimate of drug-likeness (QED) is 0.871. The molecule has 0 aliphatic rings. The van der Waals surface area contributed by atoms with Crippen LogP contribution >= 0.6 is 11.3 Å². The summed E-state index contributed by atoms with van der Waals surface area (Å²) in [5, 5.41) is 12.7. The molecule has 2 aromatic rings. The van der Waals surface area contributed by atoms with Gasteiger partial charge in [-0.15, -0.1) is 11.3 Å². The molecule has 4 heteroatoms. The van der Waals surface area contributed by atoms with E-state index in [1.807, 2.05) is 18.2 Å². The van der Waals surface area contributed by atoms with Crippen molar-refractivity contribution in [3.63, 3.8) is 0 Å². The minimum atomic E-state index is -0.0753. The zero-order valence-corrected chi connectivity index (χ0v) is 11.2. The lowest BCUT2D eigenvalue weighted by Crippen LogP contribution is -2.26. The summed E-state index contributed by atoms with van der Waals surface area (Å²) in [6.07, 6.45) is 1.92. The molecule has 2 N–H and O–H groups in total. The van der Waals surface area contributed by atoms with E-state index in [4.69, 9.17) is 5.11 Å². The maximum atomic E-state index is 12.1. The molecule has 0 bridgehead atoms. The van der Waals surface area contributed by atoms with Crippen molar-refractivity contribution in [1.29, 1.82) is 0 Å². The third-order valence-corrected chi connectivity index (χ3v) is 4.01. The lowest BCUT2D eigenvalue weighted by atomic mass is 10.1. The molecule has 0 spiro atoms. The largest absolute Gasteiger partial charge is 0.395 e. The molecular formula is C14H17NO2S. The highest BCUT2D eigenvalue weighted by Crippen LogP contribution is 2.32. The van der Waals surface area contributed by atoms with Crippen molar-refractivity contribution >= 4 is 27.3 Å². The van der Waals surface area contributed by atoms with Gasteiger partial charge in [0.25, 0.3) is 5.91 Å². The Morgan fingerprint density at radius 2 is 2.17 bits per heavy atom. The first-order valence-corrected chi connectivity index (χ1v) is 6.99. The van der Waals surface area contributed by atoms with Gasteiger partial charge in [0.1, 0.15) is 0 Å². The number of carbonyl (C=O) groups excluding carboxylic acids is 1. The fourth-order valence-corrected chi connectivity index (χ4v) is 3.20. The highest BCUT2D eigenvalue weighted by atomic mass is 32.1. The fourth-order valence-electron chi connectivity index (χ4n) is 2.03. The summed E-state index contributed by atoms with van der Waals surface area (Å²) in [4.78, 5) is 12.8. The summed E-state index contributed by atoms with van der Waals surface area (Å²) in [6.45, 7) is 2.39. The van der Waals surface area contributed by atoms with Crippen molar-refractivity contribution in [1.82, 2.24) is 5.32 Å². The number of amides is 1. The molecule has 1 amide bonds. The second kappa shape index (κ2) is 5.98. The summed E-state index contributed by atoms with van der Waals surface area (Å²) >= 11 is 1.53. The highest BCUT2D eigenvalue weighted by molar-refractivity contribution is 7.21. The molecule has 0 aliphatic heterocycles. The average Bonchev–Trinajstić information content (AvgIpc) is 2.76. The van der Waals surface area contributed by atoms with Crippen LogP contribution in [-0.4, -0.2) is 24.2 Å². The molecule has 0 radical (unpaired) electrons. The van der Waals surface area contributed by atoms with E-state index in [1.165, 1.54) is 16.7 Å². The summed E-state index contributed by atoms with van der Waals surface area (Å²) in [5.41, 5.74) is 1.13. The van der Waals surface area contributed by atoms with Gasteiger partial charge in [-0.05, 0) is 23.4 Å². The van der Waals surface area contributed by atoms with Crippen LogP contribution in [0.2, 0.25) is 0 Å². The molecule has 0 atom stereocenters. The smallest absolute Gasteiger partial charge is 0.261 e. The monoisotopic (exact) mass is 263 g/mol. The summed E-state index contributed by atoms with van der Waals surface area (Å²) in [7, 11) is 0. The van der Waals surface area contributed by atoms with Crippen LogP contribution < -0.4 is 5.32 Å². The number of rotatable bonds is 5. The molecule has 1 aromatic carbocycles. The van der Waals surface area contributed by atoms with Crippen LogP contribution in [0.4, 0.5) is 0 Å². The Balaban J connectivity index is 2.41. The Hall–Kier alpha value is -1.39. The maximum Gasteiger partial charge on any atom is 0.261 e. The molecule has 96 valence electrons. The van der Waals surface area contributed by atoms with Crippen molar-refractivity contribution in [2.45, 2.75) is 19.8 Å². The van der Waals surface area contributed by atoms with E-state index < -0.39 is 0 Å². The Kier molecular flexibility index (Phi) is 4.33. The second-order valence-corrected chi connectivity index (χ2v) is 5.19. The number of hydrogen-bond acceptors (Lipinski definition) is 3. The maximum absolute atomic E-state index is 12.1. The predicted molar refractivity (Wildman–Crippen MR) is 75.2 cm³/mol. The van der Waals surface area contributed by atoms with Crippen LogP contribution in [0.5, 0.6) is 0 Å². The Morgan fingerprint density at radius 1 is 1.39 bits per heavy atom. The van der Waals surface area contributed by atoms with Crippen molar-refractivity contribution in [2.24, 2.45) is 0 Å². The molecule has 0 unspecified atom stereocenters. The first-order chi connectivity index (χ1) is 8.77. The summed E-state index contributed by atoms with van der Waals surface area (Å²) in [6, 6.07) is 8.11. The minimum Gasteiger partial charge on any atom is -0.395 e. The fraction of sp³-hybridized carbons (Fsp3) is 0.357. The van der Waals surface area contributed by atoms with Crippen molar-refractivity contribution < 1.29 is 9.90 Å². The van der Waals surface area contributed by atoms with Gasteiger partial charge in [0, 0.05) is 11.2 Å². The second-order valence-electron chi connectivity index (χ2n) is 4.14. The van der Waals surface area contributed by atoms with Crippen LogP contribution in [0, 0.1) is 0 Å². The molecule has 2 rings (SSSR count). The molecule has 0 saturated heterocycles. The van der Waals surface area contributed by atoms with Gasteiger partial charge in [0.2, 0.25) is 0 Å². The van der Waals surface area contributed by atoms with E-state index in [2.05, 4.69) is 18.3 Å². The van der Waals surface area contributed by atoms with Crippen LogP contribution in [0.25, 0.3) is 10.1 Å². The summed E-state index contributed by atoms with van der Waals surface area (Å²) in [5.74, 6) is -0.0753. The van der Waals surface area contributed by atoms with Crippen LogP contribution in [-0.2, 0) is 6.42 Å². The van der Waals surface area contributed by atoms with Gasteiger partial charge in [-0.25, -0.2) is 0 Å². The Bertz CT molecular complexity index is 548. The molecular weight excluding hydrogens is 246 g/mol. The van der Waals surface area contributed by atoms with Crippen molar-refractivity contribution in [2.75, 3.05) is 13.2 Å². The normalized spacial score (nSPS) is 10.8. The lowest BCUT2D eigenvalue weighted by molar-refractivity contribution is 0.0948. The number of carbonyl (C=O) groups is 1. The van der Waals surface area contributed by atoms with E-state index >= 15 is 0 Å². The third-order valence-electron chi connectivity index (χ3n) is 2.80. The van der Waals surface area contributed by atoms with E-state index in [0.29, 0.717) is 6.54 Å². The first-order valence-electron chi connectivity index (χ1n) is 6.17. The summed E-state index contributed by atoms with van der Waals surface area (Å²) < 4.78 is 1.15. The topological polar surface area (TPSA) is 49.3 Å². The van der Waals surface area contributed by atoms with Crippen LogP contribution in [0.3, 0.4) is 0 Å². The standard InChI is InChI=1S/C14H17NO2S/c1-2-5-11-10-6-3-4-7-12(10)18-13(11)14(17)15-8-9-16/h3-4,6-7,16H,2,5,8-9H2,1H3,(H,15,17). The SMILES string of the molecule is CCCc1c(C(=O)NCCO)sc2ccccc12. The number of aliphatic hydroxyl groups is 1. The molecule has 0 fully saturated rings. The molecule has 1 aromatic heterocycles. The number of aliphatic hydroxyl groups excluding tert-OH is 1. The number of hydrogen-bond donors (Lipinski definition) is 2. The number of nitrogens with one attached hydrogen (secondary N) is 1. The van der Waals surface area contributed by atoms with Crippen molar-refractivity contribution in [3.8, 4) is 0 Å².